The molecule has 1 aromatic heterocycles. The normalized spacial score (nSPS) is 10.5. The summed E-state index contributed by atoms with van der Waals surface area (Å²) in [6.07, 6.45) is 4.73. The first-order valence-electron chi connectivity index (χ1n) is 6.44. The van der Waals surface area contributed by atoms with Crippen LogP contribution in [0.4, 0.5) is 5.82 Å². The molecule has 114 valence electrons. The molecule has 0 bridgehead atoms. The molecule has 5 nitrogen and oxygen atoms in total. The fourth-order valence-electron chi connectivity index (χ4n) is 1.72. The maximum Gasteiger partial charge on any atom is 0.249 e. The van der Waals surface area contributed by atoms with Crippen LogP contribution in [-0.2, 0) is 4.79 Å². The molecular formula is C16H15BrN2O3. The number of nitrogens with one attached hydrogen (secondary N) is 1. The van der Waals surface area contributed by atoms with E-state index in [2.05, 4.69) is 26.2 Å². The summed E-state index contributed by atoms with van der Waals surface area (Å²) in [6.45, 7) is 0. The zero-order valence-electron chi connectivity index (χ0n) is 12.2. The number of nitrogens with zero attached hydrogens (tertiary/aromatic N) is 1. The summed E-state index contributed by atoms with van der Waals surface area (Å²) >= 11 is 3.29. The molecule has 0 radical (unpaired) electrons. The van der Waals surface area contributed by atoms with Gasteiger partial charge in [0, 0.05) is 22.8 Å². The monoisotopic (exact) mass is 362 g/mol. The molecule has 0 unspecified atom stereocenters. The Labute approximate surface area is 137 Å². The molecule has 1 N–H and O–H groups in total. The predicted molar refractivity (Wildman–Crippen MR) is 89.1 cm³/mol. The first-order valence-corrected chi connectivity index (χ1v) is 7.23. The zero-order valence-corrected chi connectivity index (χ0v) is 13.8. The first kappa shape index (κ1) is 16.0. The Hall–Kier alpha value is -2.34. The lowest BCUT2D eigenvalue weighted by Gasteiger charge is -2.05. The van der Waals surface area contributed by atoms with Crippen LogP contribution in [0.25, 0.3) is 6.08 Å². The van der Waals surface area contributed by atoms with Gasteiger partial charge in [-0.3, -0.25) is 4.79 Å². The molecule has 22 heavy (non-hydrogen) atoms. The smallest absolute Gasteiger partial charge is 0.249 e. The van der Waals surface area contributed by atoms with E-state index < -0.39 is 0 Å². The van der Waals surface area contributed by atoms with Crippen molar-refractivity contribution in [3.05, 3.63) is 52.6 Å². The fourth-order valence-corrected chi connectivity index (χ4v) is 1.95. The molecule has 0 atom stereocenters. The minimum Gasteiger partial charge on any atom is -0.497 e. The lowest BCUT2D eigenvalue weighted by atomic mass is 10.2. The van der Waals surface area contributed by atoms with E-state index in [0.29, 0.717) is 17.3 Å². The van der Waals surface area contributed by atoms with Crippen LogP contribution in [0.3, 0.4) is 0 Å². The maximum absolute atomic E-state index is 11.9. The summed E-state index contributed by atoms with van der Waals surface area (Å²) in [5, 5.41) is 2.68. The predicted octanol–water partition coefficient (Wildman–Crippen LogP) is 3.51. The summed E-state index contributed by atoms with van der Waals surface area (Å²) in [4.78, 5) is 15.9. The Morgan fingerprint density at radius 1 is 1.18 bits per heavy atom. The molecule has 2 rings (SSSR count). The van der Waals surface area contributed by atoms with Gasteiger partial charge >= 0.3 is 0 Å². The molecule has 1 aromatic carbocycles. The molecule has 0 fully saturated rings. The van der Waals surface area contributed by atoms with Crippen molar-refractivity contribution in [2.45, 2.75) is 0 Å². The third kappa shape index (κ3) is 4.60. The zero-order chi connectivity index (χ0) is 15.9. The number of carbonyl (C=O) groups is 1. The van der Waals surface area contributed by atoms with Crippen molar-refractivity contribution < 1.29 is 14.3 Å². The molecule has 1 amide bonds. The number of hydrogen-bond acceptors (Lipinski definition) is 4. The first-order chi connectivity index (χ1) is 10.6. The van der Waals surface area contributed by atoms with Crippen molar-refractivity contribution in [3.8, 4) is 11.5 Å². The van der Waals surface area contributed by atoms with Crippen LogP contribution in [0.5, 0.6) is 11.5 Å². The Balaban J connectivity index is 2.07. The van der Waals surface area contributed by atoms with Gasteiger partial charge in [0.1, 0.15) is 17.3 Å². The largest absolute Gasteiger partial charge is 0.497 e. The van der Waals surface area contributed by atoms with E-state index in [9.17, 15) is 4.79 Å². The second kappa shape index (κ2) is 7.61. The topological polar surface area (TPSA) is 60.5 Å². The second-order valence-corrected chi connectivity index (χ2v) is 5.25. The van der Waals surface area contributed by atoms with Crippen molar-refractivity contribution in [1.82, 2.24) is 4.98 Å². The van der Waals surface area contributed by atoms with Gasteiger partial charge in [-0.05, 0) is 51.8 Å². The summed E-state index contributed by atoms with van der Waals surface area (Å²) < 4.78 is 11.2. The molecule has 1 heterocycles. The molecule has 0 spiro atoms. The third-order valence-corrected chi connectivity index (χ3v) is 3.25. The standard InChI is InChI=1S/C16H15BrN2O3/c1-21-13-7-11(8-14(9-13)22-2)3-6-16(20)19-15-5-4-12(17)10-18-15/h3-10H,1-2H3,(H,18,19,20)/b6-3+. The van der Waals surface area contributed by atoms with Crippen LogP contribution >= 0.6 is 15.9 Å². The highest BCUT2D eigenvalue weighted by atomic mass is 79.9. The van der Waals surface area contributed by atoms with Crippen LogP contribution in [0, 0.1) is 0 Å². The highest BCUT2D eigenvalue weighted by molar-refractivity contribution is 9.10. The number of aromatic nitrogens is 1. The van der Waals surface area contributed by atoms with E-state index in [1.165, 1.54) is 6.08 Å². The van der Waals surface area contributed by atoms with Gasteiger partial charge in [-0.2, -0.15) is 0 Å². The lowest BCUT2D eigenvalue weighted by molar-refractivity contribution is -0.111. The Kier molecular flexibility index (Phi) is 5.55. The number of rotatable bonds is 5. The van der Waals surface area contributed by atoms with Gasteiger partial charge in [-0.25, -0.2) is 4.98 Å². The summed E-state index contributed by atoms with van der Waals surface area (Å²) in [7, 11) is 3.16. The highest BCUT2D eigenvalue weighted by Gasteiger charge is 2.02. The third-order valence-electron chi connectivity index (χ3n) is 2.78. The number of ether oxygens (including phenoxy) is 2. The molecule has 0 aliphatic carbocycles. The number of methoxy groups -OCH3 is 2. The van der Waals surface area contributed by atoms with E-state index in [1.807, 2.05) is 12.1 Å². The van der Waals surface area contributed by atoms with Crippen molar-refractivity contribution in [2.24, 2.45) is 0 Å². The number of hydrogen-bond donors (Lipinski definition) is 1. The molecule has 6 heteroatoms. The quantitative estimate of drug-likeness (QED) is 0.826. The number of benzene rings is 1. The van der Waals surface area contributed by atoms with E-state index in [1.54, 1.807) is 44.7 Å². The maximum atomic E-state index is 11.9. The van der Waals surface area contributed by atoms with Crippen molar-refractivity contribution in [3.63, 3.8) is 0 Å². The second-order valence-electron chi connectivity index (χ2n) is 4.33. The van der Waals surface area contributed by atoms with Gasteiger partial charge < -0.3 is 14.8 Å². The molecule has 2 aromatic rings. The van der Waals surface area contributed by atoms with Gasteiger partial charge in [-0.1, -0.05) is 0 Å². The molecule has 0 saturated carbocycles. The summed E-state index contributed by atoms with van der Waals surface area (Å²) in [6, 6.07) is 8.90. The van der Waals surface area contributed by atoms with E-state index in [0.717, 1.165) is 10.0 Å². The Bertz CT molecular complexity index is 662. The minimum absolute atomic E-state index is 0.267. The average molecular weight is 363 g/mol. The van der Waals surface area contributed by atoms with Crippen molar-refractivity contribution in [2.75, 3.05) is 19.5 Å². The van der Waals surface area contributed by atoms with Crippen molar-refractivity contribution in [1.29, 1.82) is 0 Å². The SMILES string of the molecule is COc1cc(/C=C/C(=O)Nc2ccc(Br)cn2)cc(OC)c1. The van der Waals surface area contributed by atoms with Crippen LogP contribution < -0.4 is 14.8 Å². The van der Waals surface area contributed by atoms with Gasteiger partial charge in [0.25, 0.3) is 0 Å². The fraction of sp³-hybridized carbons (Fsp3) is 0.125. The van der Waals surface area contributed by atoms with Crippen LogP contribution in [-0.4, -0.2) is 25.1 Å². The van der Waals surface area contributed by atoms with E-state index in [-0.39, 0.29) is 5.91 Å². The molecule has 0 aliphatic rings. The molecule has 0 saturated heterocycles. The van der Waals surface area contributed by atoms with E-state index >= 15 is 0 Å². The lowest BCUT2D eigenvalue weighted by Crippen LogP contribution is -2.08. The van der Waals surface area contributed by atoms with Crippen LogP contribution in [0.2, 0.25) is 0 Å². The van der Waals surface area contributed by atoms with Crippen molar-refractivity contribution >= 4 is 33.7 Å². The van der Waals surface area contributed by atoms with Gasteiger partial charge in [0.05, 0.1) is 14.2 Å². The molecule has 0 aliphatic heterocycles. The Morgan fingerprint density at radius 2 is 1.86 bits per heavy atom. The number of halogens is 1. The number of amides is 1. The van der Waals surface area contributed by atoms with Gasteiger partial charge in [-0.15, -0.1) is 0 Å². The Morgan fingerprint density at radius 3 is 2.41 bits per heavy atom. The average Bonchev–Trinajstić information content (AvgIpc) is 2.54. The number of anilines is 1. The van der Waals surface area contributed by atoms with Gasteiger partial charge in [0.15, 0.2) is 0 Å². The number of pyridine rings is 1. The van der Waals surface area contributed by atoms with Crippen LogP contribution in [0.15, 0.2) is 47.1 Å². The summed E-state index contributed by atoms with van der Waals surface area (Å²) in [5.74, 6) is 1.54. The van der Waals surface area contributed by atoms with Gasteiger partial charge in [0.2, 0.25) is 5.91 Å². The minimum atomic E-state index is -0.267. The number of carbonyl (C=O) groups excluding carboxylic acids is 1. The highest BCUT2D eigenvalue weighted by Crippen LogP contribution is 2.23. The van der Waals surface area contributed by atoms with E-state index in [4.69, 9.17) is 9.47 Å². The molecular weight excluding hydrogens is 348 g/mol. The summed E-state index contributed by atoms with van der Waals surface area (Å²) in [5.41, 5.74) is 0.801. The van der Waals surface area contributed by atoms with Crippen LogP contribution in [0.1, 0.15) is 5.56 Å².